The van der Waals surface area contributed by atoms with Gasteiger partial charge in [-0.2, -0.15) is 13.8 Å². The number of likely N-dealkylation sites (tertiary alicyclic amines) is 1. The van der Waals surface area contributed by atoms with Crippen LogP contribution in [-0.2, 0) is 19.2 Å². The second-order valence-electron chi connectivity index (χ2n) is 16.7. The van der Waals surface area contributed by atoms with Gasteiger partial charge in [0, 0.05) is 63.2 Å². The fraction of sp³-hybridized carbons (Fsp3) is 0.465. The second kappa shape index (κ2) is 18.0. The Bertz CT molecular complexity index is 2460. The van der Waals surface area contributed by atoms with E-state index < -0.39 is 72.0 Å². The molecule has 0 spiro atoms. The van der Waals surface area contributed by atoms with Crippen molar-refractivity contribution in [3.63, 3.8) is 0 Å². The molecule has 22 heteroatoms. The fourth-order valence-corrected chi connectivity index (χ4v) is 9.06. The number of amides is 7. The quantitative estimate of drug-likeness (QED) is 0.130. The van der Waals surface area contributed by atoms with Gasteiger partial charge in [0.1, 0.15) is 29.5 Å². The van der Waals surface area contributed by atoms with E-state index in [1.807, 2.05) is 0 Å². The molecule has 1 saturated carbocycles. The standard InChI is InChI=1S/C43H47F3N10O9/c1-53-30-20-47-42(52-36(30)55(23-6-3-4-7-23)21-43(45,46)41(53)64)50-28-19-26(44)25(18-31(28)65-2)37(60)48-22-14-16-54(17-15-22)34(59)13-12-32(57)49-27-9-5-8-24-35(27)40(63)56(39(24)62)29-10-11-33(58)51-38(29)61/h5,8-9,18-20,22-23,29,32,49,57H,3-4,6-7,10-17,21H2,1-2H3,(H,48,60)(H,47,50,52)(H,51,58,61). The lowest BCUT2D eigenvalue weighted by atomic mass is 10.0. The Labute approximate surface area is 370 Å². The van der Waals surface area contributed by atoms with Crippen LogP contribution >= 0.6 is 0 Å². The third-order valence-electron chi connectivity index (χ3n) is 12.5. The number of aliphatic hydroxyl groups excluding tert-OH is 1. The Kier molecular flexibility index (Phi) is 12.4. The third kappa shape index (κ3) is 8.85. The van der Waals surface area contributed by atoms with Crippen molar-refractivity contribution in [2.24, 2.45) is 0 Å². The van der Waals surface area contributed by atoms with E-state index in [9.17, 15) is 38.7 Å². The van der Waals surface area contributed by atoms with Crippen molar-refractivity contribution in [1.82, 2.24) is 30.4 Å². The highest BCUT2D eigenvalue weighted by Crippen LogP contribution is 2.40. The van der Waals surface area contributed by atoms with Crippen molar-refractivity contribution in [2.45, 2.75) is 94.5 Å². The van der Waals surface area contributed by atoms with Gasteiger partial charge in [-0.25, -0.2) is 9.37 Å². The predicted octanol–water partition coefficient (Wildman–Crippen LogP) is 3.06. The van der Waals surface area contributed by atoms with E-state index in [2.05, 4.69) is 31.2 Å². The predicted molar refractivity (Wildman–Crippen MR) is 225 cm³/mol. The van der Waals surface area contributed by atoms with Crippen LogP contribution in [0, 0.1) is 5.82 Å². The lowest BCUT2D eigenvalue weighted by molar-refractivity contribution is -0.140. The lowest BCUT2D eigenvalue weighted by Crippen LogP contribution is -2.54. The van der Waals surface area contributed by atoms with Crippen molar-refractivity contribution < 1.29 is 56.6 Å². The number of anilines is 5. The average Bonchev–Trinajstić information content (AvgIpc) is 3.89. The number of rotatable bonds is 12. The number of carbonyl (C=O) groups excluding carboxylic acids is 7. The normalized spacial score (nSPS) is 20.6. The maximum Gasteiger partial charge on any atom is 0.342 e. The van der Waals surface area contributed by atoms with E-state index in [1.54, 1.807) is 4.90 Å². The molecule has 8 rings (SSSR count). The van der Waals surface area contributed by atoms with Gasteiger partial charge < -0.3 is 40.5 Å². The number of imide groups is 2. The minimum atomic E-state index is -3.66. The van der Waals surface area contributed by atoms with Gasteiger partial charge in [-0.05, 0) is 50.3 Å². The van der Waals surface area contributed by atoms with Crippen molar-refractivity contribution in [3.05, 3.63) is 59.0 Å². The van der Waals surface area contributed by atoms with Crippen molar-refractivity contribution in [2.75, 3.05) is 54.2 Å². The van der Waals surface area contributed by atoms with Crippen LogP contribution < -0.4 is 35.8 Å². The average molecular weight is 905 g/mol. The zero-order chi connectivity index (χ0) is 46.3. The van der Waals surface area contributed by atoms with Gasteiger partial charge in [0.25, 0.3) is 23.6 Å². The summed E-state index contributed by atoms with van der Waals surface area (Å²) in [6.45, 7) is -0.322. The highest BCUT2D eigenvalue weighted by atomic mass is 19.3. The third-order valence-corrected chi connectivity index (χ3v) is 12.5. The van der Waals surface area contributed by atoms with E-state index in [1.165, 1.54) is 49.5 Å². The van der Waals surface area contributed by atoms with Gasteiger partial charge in [-0.3, -0.25) is 43.8 Å². The summed E-state index contributed by atoms with van der Waals surface area (Å²) in [6, 6.07) is 4.84. The Morgan fingerprint density at radius 3 is 2.46 bits per heavy atom. The summed E-state index contributed by atoms with van der Waals surface area (Å²) in [6.07, 6.45) is 3.47. The minimum absolute atomic E-state index is 0.00999. The van der Waals surface area contributed by atoms with Crippen LogP contribution in [0.4, 0.5) is 42.0 Å². The molecule has 3 aromatic rings. The smallest absolute Gasteiger partial charge is 0.342 e. The summed E-state index contributed by atoms with van der Waals surface area (Å²) in [7, 11) is 2.56. The first-order valence-corrected chi connectivity index (χ1v) is 21.4. The molecule has 5 heterocycles. The summed E-state index contributed by atoms with van der Waals surface area (Å²) in [5.41, 5.74) is -0.0183. The highest BCUT2D eigenvalue weighted by molar-refractivity contribution is 6.25. The molecule has 5 N–H and O–H groups in total. The molecule has 19 nitrogen and oxygen atoms in total. The highest BCUT2D eigenvalue weighted by Gasteiger charge is 2.49. The van der Waals surface area contributed by atoms with Crippen LogP contribution in [0.25, 0.3) is 0 Å². The maximum absolute atomic E-state index is 15.7. The topological polar surface area (TPSA) is 236 Å². The molecular weight excluding hydrogens is 858 g/mol. The first-order valence-electron chi connectivity index (χ1n) is 21.4. The van der Waals surface area contributed by atoms with Gasteiger partial charge in [0.05, 0.1) is 42.2 Å². The zero-order valence-corrected chi connectivity index (χ0v) is 35.5. The number of fused-ring (bicyclic) bond motifs is 2. The van der Waals surface area contributed by atoms with Gasteiger partial charge >= 0.3 is 5.92 Å². The Morgan fingerprint density at radius 2 is 1.75 bits per heavy atom. The number of ether oxygens (including phenoxy) is 1. The number of piperidine rings is 2. The van der Waals surface area contributed by atoms with Crippen molar-refractivity contribution in [1.29, 1.82) is 0 Å². The van der Waals surface area contributed by atoms with Crippen molar-refractivity contribution >= 4 is 70.2 Å². The van der Waals surface area contributed by atoms with E-state index in [0.717, 1.165) is 28.7 Å². The molecule has 3 fully saturated rings. The summed E-state index contributed by atoms with van der Waals surface area (Å²) in [4.78, 5) is 103. The number of nitrogens with one attached hydrogen (secondary N) is 4. The molecule has 344 valence electrons. The number of aromatic nitrogens is 2. The number of halogens is 3. The summed E-state index contributed by atoms with van der Waals surface area (Å²) in [5, 5.41) is 21.4. The molecule has 0 bridgehead atoms. The maximum atomic E-state index is 15.7. The molecule has 5 aliphatic rings. The molecule has 1 aliphatic carbocycles. The van der Waals surface area contributed by atoms with E-state index in [0.29, 0.717) is 25.7 Å². The van der Waals surface area contributed by atoms with Crippen LogP contribution in [0.5, 0.6) is 5.75 Å². The van der Waals surface area contributed by atoms with Gasteiger partial charge in [-0.15, -0.1) is 0 Å². The number of alkyl halides is 2. The number of carbonyl (C=O) groups is 7. The number of hydrogen-bond donors (Lipinski definition) is 5. The summed E-state index contributed by atoms with van der Waals surface area (Å²) < 4.78 is 51.2. The monoisotopic (exact) mass is 904 g/mol. The van der Waals surface area contributed by atoms with Gasteiger partial charge in [0.15, 0.2) is 5.82 Å². The van der Waals surface area contributed by atoms with E-state index in [-0.39, 0.29) is 102 Å². The molecule has 1 aromatic heterocycles. The van der Waals surface area contributed by atoms with E-state index in [4.69, 9.17) is 4.74 Å². The zero-order valence-electron chi connectivity index (χ0n) is 35.5. The number of hydrogen-bond acceptors (Lipinski definition) is 14. The second-order valence-corrected chi connectivity index (χ2v) is 16.7. The molecule has 2 aromatic carbocycles. The molecule has 4 aliphatic heterocycles. The Morgan fingerprint density at radius 1 is 1.02 bits per heavy atom. The lowest BCUT2D eigenvalue weighted by Gasteiger charge is -2.32. The Hall–Kier alpha value is -6.84. The van der Waals surface area contributed by atoms with Gasteiger partial charge in [-0.1, -0.05) is 18.9 Å². The Balaban J connectivity index is 0.846. The van der Waals surface area contributed by atoms with Crippen LogP contribution in [0.2, 0.25) is 0 Å². The first kappa shape index (κ1) is 44.8. The molecule has 2 atom stereocenters. The molecule has 0 radical (unpaired) electrons. The van der Waals surface area contributed by atoms with E-state index >= 15 is 13.2 Å². The van der Waals surface area contributed by atoms with Crippen molar-refractivity contribution in [3.8, 4) is 5.75 Å². The number of methoxy groups -OCH3 is 1. The number of nitrogens with zero attached hydrogens (tertiary/aromatic N) is 6. The summed E-state index contributed by atoms with van der Waals surface area (Å²) in [5.74, 6) is -9.51. The molecule has 2 saturated heterocycles. The minimum Gasteiger partial charge on any atom is -0.495 e. The van der Waals surface area contributed by atoms with Crippen LogP contribution in [0.15, 0.2) is 36.5 Å². The van der Waals surface area contributed by atoms with Crippen LogP contribution in [0.3, 0.4) is 0 Å². The molecule has 2 unspecified atom stereocenters. The van der Waals surface area contributed by atoms with Gasteiger partial charge in [0.2, 0.25) is 23.7 Å². The first-order chi connectivity index (χ1) is 31.0. The number of benzene rings is 2. The SMILES string of the molecule is COc1cc(C(=O)NC2CCN(C(=O)CCC(O)Nc3cccc4c3C(=O)N(C3CCC(=O)NC3=O)C4=O)CC2)c(F)cc1Nc1ncc2c(n1)N(C1CCCC1)CC(F)(F)C(=O)N2C. The largest absolute Gasteiger partial charge is 0.495 e. The molecular formula is C43H47F3N10O9. The van der Waals surface area contributed by atoms with Crippen LogP contribution in [-0.4, -0.2) is 130 Å². The number of aliphatic hydroxyl groups is 1. The molecule has 7 amide bonds. The molecule has 65 heavy (non-hydrogen) atoms. The van der Waals surface area contributed by atoms with Crippen LogP contribution in [0.1, 0.15) is 95.3 Å². The summed E-state index contributed by atoms with van der Waals surface area (Å²) >= 11 is 0. The fourth-order valence-electron chi connectivity index (χ4n) is 9.06.